The number of nitrogens with zero attached hydrogens (tertiary/aromatic N) is 1. The molecule has 22 heavy (non-hydrogen) atoms. The summed E-state index contributed by atoms with van der Waals surface area (Å²) in [5, 5.41) is 10.5. The normalized spacial score (nSPS) is 10.6. The highest BCUT2D eigenvalue weighted by molar-refractivity contribution is 6.31. The zero-order chi connectivity index (χ0) is 15.7. The van der Waals surface area contributed by atoms with Crippen molar-refractivity contribution in [1.29, 1.82) is 0 Å². The summed E-state index contributed by atoms with van der Waals surface area (Å²) in [6.07, 6.45) is 0. The van der Waals surface area contributed by atoms with E-state index in [0.717, 1.165) is 5.56 Å². The van der Waals surface area contributed by atoms with Crippen LogP contribution in [0.25, 0.3) is 10.8 Å². The molecular formula is C16H12ClN3O2. The number of benzene rings is 2. The monoisotopic (exact) mass is 313 g/mol. The summed E-state index contributed by atoms with van der Waals surface area (Å²) < 4.78 is 0. The maximum atomic E-state index is 12.5. The van der Waals surface area contributed by atoms with Gasteiger partial charge in [0.1, 0.15) is 0 Å². The number of aromatic nitrogens is 2. The minimum absolute atomic E-state index is 0.162. The highest BCUT2D eigenvalue weighted by atomic mass is 35.5. The maximum absolute atomic E-state index is 12.5. The van der Waals surface area contributed by atoms with E-state index >= 15 is 0 Å². The average Bonchev–Trinajstić information content (AvgIpc) is 2.52. The van der Waals surface area contributed by atoms with Gasteiger partial charge in [0.2, 0.25) is 0 Å². The van der Waals surface area contributed by atoms with Crippen LogP contribution >= 0.6 is 11.6 Å². The second-order valence-electron chi connectivity index (χ2n) is 4.81. The third kappa shape index (κ3) is 2.46. The Morgan fingerprint density at radius 2 is 1.86 bits per heavy atom. The molecule has 3 rings (SSSR count). The second kappa shape index (κ2) is 5.61. The molecule has 0 fully saturated rings. The van der Waals surface area contributed by atoms with E-state index in [4.69, 9.17) is 11.6 Å². The van der Waals surface area contributed by atoms with Crippen molar-refractivity contribution >= 4 is 34.0 Å². The standard InChI is InChI=1S/C16H12ClN3O2/c1-9-12(17)7-4-8-13(9)18-16(22)14-10-5-2-3-6-11(10)15(21)20-19-14/h2-8H,1H3,(H,18,22)(H,20,21). The zero-order valence-corrected chi connectivity index (χ0v) is 12.4. The number of carbonyl (C=O) groups is 1. The van der Waals surface area contributed by atoms with Crippen LogP contribution in [0.3, 0.4) is 0 Å². The second-order valence-corrected chi connectivity index (χ2v) is 5.22. The molecule has 0 spiro atoms. The van der Waals surface area contributed by atoms with E-state index in [1.807, 2.05) is 6.92 Å². The van der Waals surface area contributed by atoms with Gasteiger partial charge in [-0.1, -0.05) is 35.9 Å². The van der Waals surface area contributed by atoms with Crippen molar-refractivity contribution in [2.75, 3.05) is 5.32 Å². The molecule has 0 unspecified atom stereocenters. The van der Waals surface area contributed by atoms with E-state index in [-0.39, 0.29) is 11.3 Å². The Hall–Kier alpha value is -2.66. The van der Waals surface area contributed by atoms with E-state index in [2.05, 4.69) is 15.5 Å². The van der Waals surface area contributed by atoms with Crippen molar-refractivity contribution in [2.45, 2.75) is 6.92 Å². The predicted molar refractivity (Wildman–Crippen MR) is 86.5 cm³/mol. The topological polar surface area (TPSA) is 74.8 Å². The summed E-state index contributed by atoms with van der Waals surface area (Å²) >= 11 is 6.04. The molecule has 0 saturated carbocycles. The largest absolute Gasteiger partial charge is 0.320 e. The van der Waals surface area contributed by atoms with Crippen LogP contribution in [0.4, 0.5) is 5.69 Å². The summed E-state index contributed by atoms with van der Waals surface area (Å²) in [5.41, 5.74) is 1.21. The van der Waals surface area contributed by atoms with Crippen molar-refractivity contribution in [1.82, 2.24) is 10.2 Å². The highest BCUT2D eigenvalue weighted by Crippen LogP contribution is 2.23. The zero-order valence-electron chi connectivity index (χ0n) is 11.7. The number of hydrogen-bond acceptors (Lipinski definition) is 3. The van der Waals surface area contributed by atoms with E-state index in [0.29, 0.717) is 21.5 Å². The van der Waals surface area contributed by atoms with Gasteiger partial charge in [-0.25, -0.2) is 5.10 Å². The molecule has 1 aromatic heterocycles. The Morgan fingerprint density at radius 1 is 1.14 bits per heavy atom. The Labute approximate surface area is 130 Å². The Morgan fingerprint density at radius 3 is 2.64 bits per heavy atom. The lowest BCUT2D eigenvalue weighted by molar-refractivity contribution is 0.102. The Balaban J connectivity index is 2.05. The van der Waals surface area contributed by atoms with Crippen LogP contribution in [0.15, 0.2) is 47.3 Å². The highest BCUT2D eigenvalue weighted by Gasteiger charge is 2.15. The van der Waals surface area contributed by atoms with Gasteiger partial charge >= 0.3 is 0 Å². The fourth-order valence-electron chi connectivity index (χ4n) is 2.21. The van der Waals surface area contributed by atoms with Crippen molar-refractivity contribution in [3.05, 3.63) is 69.1 Å². The number of fused-ring (bicyclic) bond motifs is 1. The number of rotatable bonds is 2. The molecule has 0 atom stereocenters. The van der Waals surface area contributed by atoms with Crippen LogP contribution < -0.4 is 10.9 Å². The van der Waals surface area contributed by atoms with Gasteiger partial charge in [0.15, 0.2) is 5.69 Å². The fourth-order valence-corrected chi connectivity index (χ4v) is 2.39. The van der Waals surface area contributed by atoms with Gasteiger partial charge in [-0.3, -0.25) is 9.59 Å². The molecule has 6 heteroatoms. The molecule has 0 saturated heterocycles. The van der Waals surface area contributed by atoms with Crippen molar-refractivity contribution in [3.63, 3.8) is 0 Å². The summed E-state index contributed by atoms with van der Waals surface area (Å²) in [6.45, 7) is 1.82. The number of carbonyl (C=O) groups excluding carboxylic acids is 1. The van der Waals surface area contributed by atoms with E-state index in [9.17, 15) is 9.59 Å². The Kier molecular flexibility index (Phi) is 3.65. The molecule has 0 bridgehead atoms. The average molecular weight is 314 g/mol. The first-order valence-electron chi connectivity index (χ1n) is 6.62. The minimum Gasteiger partial charge on any atom is -0.320 e. The van der Waals surface area contributed by atoms with Crippen molar-refractivity contribution < 1.29 is 4.79 Å². The fraction of sp³-hybridized carbons (Fsp3) is 0.0625. The van der Waals surface area contributed by atoms with Crippen LogP contribution in [0.2, 0.25) is 5.02 Å². The van der Waals surface area contributed by atoms with Crippen LogP contribution in [0.1, 0.15) is 16.1 Å². The molecule has 2 aromatic carbocycles. The molecule has 110 valence electrons. The van der Waals surface area contributed by atoms with Crippen molar-refractivity contribution in [3.8, 4) is 0 Å². The molecule has 1 amide bonds. The molecule has 0 aliphatic heterocycles. The molecule has 0 aliphatic rings. The van der Waals surface area contributed by atoms with E-state index in [1.165, 1.54) is 0 Å². The number of nitrogens with one attached hydrogen (secondary N) is 2. The third-order valence-corrected chi connectivity index (χ3v) is 3.84. The quantitative estimate of drug-likeness (QED) is 0.763. The first-order chi connectivity index (χ1) is 10.6. The van der Waals surface area contributed by atoms with E-state index in [1.54, 1.807) is 42.5 Å². The lowest BCUT2D eigenvalue weighted by atomic mass is 10.1. The molecular weight excluding hydrogens is 302 g/mol. The Bertz CT molecular complexity index is 934. The molecule has 1 heterocycles. The first kappa shape index (κ1) is 14.3. The molecule has 5 nitrogen and oxygen atoms in total. The summed E-state index contributed by atoms with van der Waals surface area (Å²) in [5.74, 6) is -0.405. The van der Waals surface area contributed by atoms with Gasteiger partial charge < -0.3 is 5.32 Å². The minimum atomic E-state index is -0.405. The number of anilines is 1. The number of amides is 1. The molecule has 3 aromatic rings. The first-order valence-corrected chi connectivity index (χ1v) is 6.99. The third-order valence-electron chi connectivity index (χ3n) is 3.43. The number of hydrogen-bond donors (Lipinski definition) is 2. The smallest absolute Gasteiger partial charge is 0.276 e. The van der Waals surface area contributed by atoms with Crippen LogP contribution in [0, 0.1) is 6.92 Å². The number of aromatic amines is 1. The molecule has 2 N–H and O–H groups in total. The van der Waals surface area contributed by atoms with E-state index < -0.39 is 5.91 Å². The van der Waals surface area contributed by atoms with Crippen LogP contribution in [0.5, 0.6) is 0 Å². The van der Waals surface area contributed by atoms with Crippen molar-refractivity contribution in [2.24, 2.45) is 0 Å². The summed E-state index contributed by atoms with van der Waals surface area (Å²) in [6, 6.07) is 12.1. The maximum Gasteiger partial charge on any atom is 0.276 e. The lowest BCUT2D eigenvalue weighted by Crippen LogP contribution is -2.19. The molecule has 0 aliphatic carbocycles. The summed E-state index contributed by atoms with van der Waals surface area (Å²) in [7, 11) is 0. The lowest BCUT2D eigenvalue weighted by Gasteiger charge is -2.10. The van der Waals surface area contributed by atoms with Crippen LogP contribution in [-0.4, -0.2) is 16.1 Å². The SMILES string of the molecule is Cc1c(Cl)cccc1NC(=O)c1n[nH]c(=O)c2ccccc12. The van der Waals surface area contributed by atoms with Gasteiger partial charge in [-0.05, 0) is 30.7 Å². The van der Waals surface area contributed by atoms with Gasteiger partial charge in [0.25, 0.3) is 11.5 Å². The van der Waals surface area contributed by atoms with Gasteiger partial charge in [0.05, 0.1) is 5.39 Å². The van der Waals surface area contributed by atoms with Gasteiger partial charge in [-0.15, -0.1) is 0 Å². The van der Waals surface area contributed by atoms with Crippen LogP contribution in [-0.2, 0) is 0 Å². The number of halogens is 1. The predicted octanol–water partition coefficient (Wildman–Crippen LogP) is 3.14. The molecule has 0 radical (unpaired) electrons. The summed E-state index contributed by atoms with van der Waals surface area (Å²) in [4.78, 5) is 24.2. The number of H-pyrrole nitrogens is 1. The van der Waals surface area contributed by atoms with Gasteiger partial charge in [0, 0.05) is 16.1 Å². The van der Waals surface area contributed by atoms with Gasteiger partial charge in [-0.2, -0.15) is 5.10 Å².